The van der Waals surface area contributed by atoms with Gasteiger partial charge in [0.1, 0.15) is 0 Å². The van der Waals surface area contributed by atoms with Crippen molar-refractivity contribution in [1.29, 1.82) is 0 Å². The Morgan fingerprint density at radius 1 is 1.11 bits per heavy atom. The van der Waals surface area contributed by atoms with Gasteiger partial charge in [-0.15, -0.1) is 0 Å². The summed E-state index contributed by atoms with van der Waals surface area (Å²) in [6.45, 7) is 7.78. The van der Waals surface area contributed by atoms with E-state index in [0.717, 1.165) is 19.6 Å². The first kappa shape index (κ1) is 15.2. The molecule has 0 heterocycles. The number of likely N-dealkylation sites (N-methyl/N-ethyl adjacent to an activating group) is 1. The van der Waals surface area contributed by atoms with E-state index in [1.165, 1.54) is 24.8 Å². The van der Waals surface area contributed by atoms with Crippen LogP contribution >= 0.6 is 0 Å². The fourth-order valence-electron chi connectivity index (χ4n) is 2.29. The zero-order valence-corrected chi connectivity index (χ0v) is 12.2. The average Bonchev–Trinajstić information content (AvgIpc) is 2.37. The zero-order chi connectivity index (χ0) is 13.2. The van der Waals surface area contributed by atoms with Crippen molar-refractivity contribution in [2.75, 3.05) is 20.1 Å². The van der Waals surface area contributed by atoms with Crippen LogP contribution in [0.15, 0.2) is 30.3 Å². The quantitative estimate of drug-likeness (QED) is 0.721. The summed E-state index contributed by atoms with van der Waals surface area (Å²) in [7, 11) is 2.21. The van der Waals surface area contributed by atoms with Crippen molar-refractivity contribution < 1.29 is 0 Å². The molecule has 0 bridgehead atoms. The van der Waals surface area contributed by atoms with Gasteiger partial charge in [-0.25, -0.2) is 0 Å². The predicted molar refractivity (Wildman–Crippen MR) is 79.8 cm³/mol. The fraction of sp³-hybridized carbons (Fsp3) is 0.625. The van der Waals surface area contributed by atoms with E-state index in [4.69, 9.17) is 0 Å². The molecular formula is C16H28N2. The molecule has 102 valence electrons. The number of rotatable bonds is 9. The molecule has 1 rings (SSSR count). The SMILES string of the molecule is CCCNC(CCC)CN(C)Cc1ccccc1. The minimum atomic E-state index is 0.628. The van der Waals surface area contributed by atoms with Gasteiger partial charge in [0.05, 0.1) is 0 Å². The van der Waals surface area contributed by atoms with Crippen LogP contribution in [0.2, 0.25) is 0 Å². The summed E-state index contributed by atoms with van der Waals surface area (Å²) < 4.78 is 0. The third-order valence-corrected chi connectivity index (χ3v) is 3.15. The Morgan fingerprint density at radius 2 is 1.83 bits per heavy atom. The molecule has 0 amide bonds. The molecule has 0 radical (unpaired) electrons. The van der Waals surface area contributed by atoms with E-state index < -0.39 is 0 Å². The molecule has 0 aliphatic heterocycles. The monoisotopic (exact) mass is 248 g/mol. The average molecular weight is 248 g/mol. The van der Waals surface area contributed by atoms with Crippen LogP contribution in [0.3, 0.4) is 0 Å². The number of nitrogens with zero attached hydrogens (tertiary/aromatic N) is 1. The van der Waals surface area contributed by atoms with Crippen LogP contribution in [0.4, 0.5) is 0 Å². The van der Waals surface area contributed by atoms with E-state index in [1.807, 2.05) is 0 Å². The van der Waals surface area contributed by atoms with E-state index in [2.05, 4.69) is 61.4 Å². The molecule has 0 aliphatic carbocycles. The van der Waals surface area contributed by atoms with E-state index in [9.17, 15) is 0 Å². The van der Waals surface area contributed by atoms with Gasteiger partial charge in [0.15, 0.2) is 0 Å². The molecule has 0 aromatic heterocycles. The van der Waals surface area contributed by atoms with Gasteiger partial charge in [0.25, 0.3) is 0 Å². The fourth-order valence-corrected chi connectivity index (χ4v) is 2.29. The molecule has 1 N–H and O–H groups in total. The molecule has 18 heavy (non-hydrogen) atoms. The first-order chi connectivity index (χ1) is 8.76. The molecule has 1 aromatic rings. The molecule has 0 aliphatic rings. The summed E-state index contributed by atoms with van der Waals surface area (Å²) >= 11 is 0. The number of hydrogen-bond donors (Lipinski definition) is 1. The predicted octanol–water partition coefficient (Wildman–Crippen LogP) is 3.29. The number of benzene rings is 1. The van der Waals surface area contributed by atoms with E-state index in [-0.39, 0.29) is 0 Å². The van der Waals surface area contributed by atoms with Crippen LogP contribution < -0.4 is 5.32 Å². The molecule has 0 fully saturated rings. The maximum absolute atomic E-state index is 3.65. The standard InChI is InChI=1S/C16H28N2/c1-4-9-16(17-12-5-2)14-18(3)13-15-10-7-6-8-11-15/h6-8,10-11,16-17H,4-5,9,12-14H2,1-3H3. The van der Waals surface area contributed by atoms with Crippen LogP contribution in [0.1, 0.15) is 38.7 Å². The van der Waals surface area contributed by atoms with Crippen LogP contribution in [0, 0.1) is 0 Å². The Kier molecular flexibility index (Phi) is 7.70. The van der Waals surface area contributed by atoms with Crippen molar-refractivity contribution in [3.8, 4) is 0 Å². The molecule has 2 nitrogen and oxygen atoms in total. The number of hydrogen-bond acceptors (Lipinski definition) is 2. The Hall–Kier alpha value is -0.860. The Bertz CT molecular complexity index is 297. The Morgan fingerprint density at radius 3 is 2.44 bits per heavy atom. The second-order valence-corrected chi connectivity index (χ2v) is 5.12. The molecule has 0 saturated carbocycles. The topological polar surface area (TPSA) is 15.3 Å². The van der Waals surface area contributed by atoms with E-state index in [1.54, 1.807) is 0 Å². The minimum absolute atomic E-state index is 0.628. The van der Waals surface area contributed by atoms with Crippen molar-refractivity contribution in [1.82, 2.24) is 10.2 Å². The first-order valence-corrected chi connectivity index (χ1v) is 7.22. The third-order valence-electron chi connectivity index (χ3n) is 3.15. The van der Waals surface area contributed by atoms with Gasteiger partial charge in [-0.05, 0) is 32.0 Å². The van der Waals surface area contributed by atoms with Crippen molar-refractivity contribution in [3.05, 3.63) is 35.9 Å². The van der Waals surface area contributed by atoms with Gasteiger partial charge in [-0.1, -0.05) is 50.6 Å². The highest BCUT2D eigenvalue weighted by Crippen LogP contribution is 2.05. The number of nitrogens with one attached hydrogen (secondary N) is 1. The summed E-state index contributed by atoms with van der Waals surface area (Å²) in [5, 5.41) is 3.65. The van der Waals surface area contributed by atoms with Gasteiger partial charge >= 0.3 is 0 Å². The van der Waals surface area contributed by atoms with Crippen molar-refractivity contribution in [3.63, 3.8) is 0 Å². The van der Waals surface area contributed by atoms with Crippen LogP contribution in [-0.4, -0.2) is 31.1 Å². The van der Waals surface area contributed by atoms with Crippen LogP contribution in [-0.2, 0) is 6.54 Å². The summed E-state index contributed by atoms with van der Waals surface area (Å²) in [4.78, 5) is 2.42. The Balaban J connectivity index is 2.37. The molecule has 2 heteroatoms. The molecule has 1 aromatic carbocycles. The molecule has 1 atom stereocenters. The second kappa shape index (κ2) is 9.12. The summed E-state index contributed by atoms with van der Waals surface area (Å²) in [6, 6.07) is 11.3. The highest BCUT2D eigenvalue weighted by molar-refractivity contribution is 5.14. The maximum atomic E-state index is 3.65. The van der Waals surface area contributed by atoms with Crippen LogP contribution in [0.5, 0.6) is 0 Å². The largest absolute Gasteiger partial charge is 0.313 e. The first-order valence-electron chi connectivity index (χ1n) is 7.22. The van der Waals surface area contributed by atoms with Gasteiger partial charge < -0.3 is 10.2 Å². The molecule has 0 spiro atoms. The maximum Gasteiger partial charge on any atom is 0.0231 e. The molecular weight excluding hydrogens is 220 g/mol. The van der Waals surface area contributed by atoms with E-state index in [0.29, 0.717) is 6.04 Å². The van der Waals surface area contributed by atoms with Crippen molar-refractivity contribution in [2.24, 2.45) is 0 Å². The lowest BCUT2D eigenvalue weighted by molar-refractivity contribution is 0.273. The highest BCUT2D eigenvalue weighted by Gasteiger charge is 2.09. The van der Waals surface area contributed by atoms with E-state index >= 15 is 0 Å². The minimum Gasteiger partial charge on any atom is -0.313 e. The normalized spacial score (nSPS) is 12.9. The van der Waals surface area contributed by atoms with Crippen molar-refractivity contribution in [2.45, 2.75) is 45.7 Å². The smallest absolute Gasteiger partial charge is 0.0231 e. The van der Waals surface area contributed by atoms with Gasteiger partial charge in [-0.3, -0.25) is 0 Å². The van der Waals surface area contributed by atoms with Gasteiger partial charge in [0, 0.05) is 19.1 Å². The lowest BCUT2D eigenvalue weighted by Crippen LogP contribution is -2.39. The molecule has 0 saturated heterocycles. The lowest BCUT2D eigenvalue weighted by atomic mass is 10.1. The second-order valence-electron chi connectivity index (χ2n) is 5.12. The van der Waals surface area contributed by atoms with Crippen LogP contribution in [0.25, 0.3) is 0 Å². The third kappa shape index (κ3) is 6.18. The van der Waals surface area contributed by atoms with Gasteiger partial charge in [-0.2, -0.15) is 0 Å². The highest BCUT2D eigenvalue weighted by atomic mass is 15.1. The summed E-state index contributed by atoms with van der Waals surface area (Å²) in [6.07, 6.45) is 3.72. The zero-order valence-electron chi connectivity index (χ0n) is 12.2. The lowest BCUT2D eigenvalue weighted by Gasteiger charge is -2.25. The van der Waals surface area contributed by atoms with Crippen molar-refractivity contribution >= 4 is 0 Å². The summed E-state index contributed by atoms with van der Waals surface area (Å²) in [5.41, 5.74) is 1.39. The Labute approximate surface area is 112 Å². The van der Waals surface area contributed by atoms with Gasteiger partial charge in [0.2, 0.25) is 0 Å². The summed E-state index contributed by atoms with van der Waals surface area (Å²) in [5.74, 6) is 0. The molecule has 1 unspecified atom stereocenters.